The predicted molar refractivity (Wildman–Crippen MR) is 73.4 cm³/mol. The molecule has 0 unspecified atom stereocenters. The molecule has 0 spiro atoms. The molecule has 2 rings (SSSR count). The van der Waals surface area contributed by atoms with Crippen molar-refractivity contribution in [3.8, 4) is 0 Å². The molecule has 3 nitrogen and oxygen atoms in total. The Kier molecular flexibility index (Phi) is 4.53. The van der Waals surface area contributed by atoms with Crippen LogP contribution in [-0.4, -0.2) is 47.9 Å². The van der Waals surface area contributed by atoms with E-state index in [0.717, 1.165) is 31.7 Å². The van der Waals surface area contributed by atoms with Gasteiger partial charge >= 0.3 is 0 Å². The van der Waals surface area contributed by atoms with E-state index in [1.807, 2.05) is 17.0 Å². The molecule has 104 valence electrons. The number of benzene rings is 1. The lowest BCUT2D eigenvalue weighted by Crippen LogP contribution is -2.51. The zero-order valence-electron chi connectivity index (χ0n) is 11.6. The van der Waals surface area contributed by atoms with Crippen molar-refractivity contribution in [1.82, 2.24) is 9.80 Å². The molecule has 1 aliphatic heterocycles. The lowest BCUT2D eigenvalue weighted by molar-refractivity contribution is -0.130. The maximum absolute atomic E-state index is 13.6. The first-order valence-corrected chi connectivity index (χ1v) is 6.81. The van der Waals surface area contributed by atoms with Gasteiger partial charge in [0.05, 0.1) is 0 Å². The summed E-state index contributed by atoms with van der Waals surface area (Å²) in [6, 6.07) is 7.24. The number of hydrogen-bond donors (Lipinski definition) is 0. The standard InChI is InChI=1S/C15H21FN2O/c1-12(11-14-5-3-4-6-15(14)16)17-7-9-18(10-8-17)13(2)19/h3-6,12H,7-11H2,1-2H3/t12-/m0/s1. The minimum Gasteiger partial charge on any atom is -0.340 e. The average Bonchev–Trinajstić information content (AvgIpc) is 2.41. The molecule has 0 bridgehead atoms. The van der Waals surface area contributed by atoms with Crippen LogP contribution in [0.25, 0.3) is 0 Å². The van der Waals surface area contributed by atoms with Crippen molar-refractivity contribution in [2.45, 2.75) is 26.3 Å². The van der Waals surface area contributed by atoms with Crippen LogP contribution < -0.4 is 0 Å². The van der Waals surface area contributed by atoms with Gasteiger partial charge in [-0.15, -0.1) is 0 Å². The van der Waals surface area contributed by atoms with Gasteiger partial charge in [-0.1, -0.05) is 18.2 Å². The van der Waals surface area contributed by atoms with Crippen LogP contribution in [0.2, 0.25) is 0 Å². The van der Waals surface area contributed by atoms with Gasteiger partial charge in [-0.05, 0) is 25.0 Å². The summed E-state index contributed by atoms with van der Waals surface area (Å²) in [6.45, 7) is 7.02. The third-order valence-corrected chi connectivity index (χ3v) is 3.86. The van der Waals surface area contributed by atoms with Gasteiger partial charge in [-0.25, -0.2) is 4.39 Å². The monoisotopic (exact) mass is 264 g/mol. The van der Waals surface area contributed by atoms with Gasteiger partial charge in [0.15, 0.2) is 0 Å². The Bertz CT molecular complexity index is 442. The van der Waals surface area contributed by atoms with Crippen molar-refractivity contribution in [2.24, 2.45) is 0 Å². The Hall–Kier alpha value is -1.42. The van der Waals surface area contributed by atoms with E-state index in [1.165, 1.54) is 6.07 Å². The second kappa shape index (κ2) is 6.15. The summed E-state index contributed by atoms with van der Waals surface area (Å²) in [5.74, 6) is 0.0122. The molecule has 0 N–H and O–H groups in total. The van der Waals surface area contributed by atoms with E-state index in [2.05, 4.69) is 11.8 Å². The number of piperazine rings is 1. The second-order valence-corrected chi connectivity index (χ2v) is 5.19. The molecule has 0 saturated carbocycles. The lowest BCUT2D eigenvalue weighted by atomic mass is 10.0. The van der Waals surface area contributed by atoms with E-state index in [0.29, 0.717) is 12.5 Å². The highest BCUT2D eigenvalue weighted by atomic mass is 19.1. The lowest BCUT2D eigenvalue weighted by Gasteiger charge is -2.37. The highest BCUT2D eigenvalue weighted by molar-refractivity contribution is 5.73. The Morgan fingerprint density at radius 1 is 1.26 bits per heavy atom. The minimum atomic E-state index is -0.128. The van der Waals surface area contributed by atoms with E-state index in [4.69, 9.17) is 0 Å². The first-order valence-electron chi connectivity index (χ1n) is 6.81. The Morgan fingerprint density at radius 3 is 2.47 bits per heavy atom. The molecule has 1 fully saturated rings. The summed E-state index contributed by atoms with van der Waals surface area (Å²) in [4.78, 5) is 15.5. The third kappa shape index (κ3) is 3.53. The predicted octanol–water partition coefficient (Wildman–Crippen LogP) is 1.92. The summed E-state index contributed by atoms with van der Waals surface area (Å²) >= 11 is 0. The molecule has 1 saturated heterocycles. The van der Waals surface area contributed by atoms with Crippen molar-refractivity contribution in [1.29, 1.82) is 0 Å². The smallest absolute Gasteiger partial charge is 0.219 e. The molecule has 1 atom stereocenters. The Labute approximate surface area is 114 Å². The van der Waals surface area contributed by atoms with Crippen LogP contribution in [0.5, 0.6) is 0 Å². The topological polar surface area (TPSA) is 23.6 Å². The summed E-state index contributed by atoms with van der Waals surface area (Å²) in [7, 11) is 0. The molecule has 1 heterocycles. The maximum Gasteiger partial charge on any atom is 0.219 e. The first-order chi connectivity index (χ1) is 9.08. The van der Waals surface area contributed by atoms with E-state index >= 15 is 0 Å². The number of nitrogens with zero attached hydrogens (tertiary/aromatic N) is 2. The molecular formula is C15H21FN2O. The minimum absolute atomic E-state index is 0.128. The van der Waals surface area contributed by atoms with Gasteiger partial charge in [0.25, 0.3) is 0 Å². The largest absolute Gasteiger partial charge is 0.340 e. The van der Waals surface area contributed by atoms with Crippen LogP contribution in [0, 0.1) is 5.82 Å². The highest BCUT2D eigenvalue weighted by Gasteiger charge is 2.22. The fourth-order valence-electron chi connectivity index (χ4n) is 2.59. The number of carbonyl (C=O) groups excluding carboxylic acids is 1. The van der Waals surface area contributed by atoms with Crippen LogP contribution in [0.1, 0.15) is 19.4 Å². The van der Waals surface area contributed by atoms with E-state index < -0.39 is 0 Å². The molecular weight excluding hydrogens is 243 g/mol. The van der Waals surface area contributed by atoms with Crippen LogP contribution in [-0.2, 0) is 11.2 Å². The highest BCUT2D eigenvalue weighted by Crippen LogP contribution is 2.14. The molecule has 0 aliphatic carbocycles. The quantitative estimate of drug-likeness (QED) is 0.832. The molecule has 1 amide bonds. The van der Waals surface area contributed by atoms with Gasteiger partial charge in [-0.3, -0.25) is 9.69 Å². The molecule has 4 heteroatoms. The van der Waals surface area contributed by atoms with E-state index in [-0.39, 0.29) is 11.7 Å². The molecule has 19 heavy (non-hydrogen) atoms. The molecule has 1 aromatic carbocycles. The van der Waals surface area contributed by atoms with Gasteiger partial charge in [0, 0.05) is 39.1 Å². The summed E-state index contributed by atoms with van der Waals surface area (Å²) in [6.07, 6.45) is 0.715. The van der Waals surface area contributed by atoms with Crippen LogP contribution >= 0.6 is 0 Å². The summed E-state index contributed by atoms with van der Waals surface area (Å²) < 4.78 is 13.6. The summed E-state index contributed by atoms with van der Waals surface area (Å²) in [5, 5.41) is 0. The van der Waals surface area contributed by atoms with Gasteiger partial charge in [0.2, 0.25) is 5.91 Å². The van der Waals surface area contributed by atoms with E-state index in [9.17, 15) is 9.18 Å². The van der Waals surface area contributed by atoms with Gasteiger partial charge < -0.3 is 4.90 Å². The fourth-order valence-corrected chi connectivity index (χ4v) is 2.59. The zero-order valence-corrected chi connectivity index (χ0v) is 11.6. The van der Waals surface area contributed by atoms with Crippen molar-refractivity contribution in [2.75, 3.05) is 26.2 Å². The summed E-state index contributed by atoms with van der Waals surface area (Å²) in [5.41, 5.74) is 0.768. The average molecular weight is 264 g/mol. The Balaban J connectivity index is 1.90. The van der Waals surface area contributed by atoms with Crippen molar-refractivity contribution >= 4 is 5.91 Å². The second-order valence-electron chi connectivity index (χ2n) is 5.19. The number of amides is 1. The number of hydrogen-bond acceptors (Lipinski definition) is 2. The molecule has 1 aromatic rings. The zero-order chi connectivity index (χ0) is 13.8. The van der Waals surface area contributed by atoms with Gasteiger partial charge in [0.1, 0.15) is 5.82 Å². The van der Waals surface area contributed by atoms with Crippen LogP contribution in [0.15, 0.2) is 24.3 Å². The van der Waals surface area contributed by atoms with Crippen LogP contribution in [0.4, 0.5) is 4.39 Å². The SMILES string of the molecule is CC(=O)N1CCN([C@@H](C)Cc2ccccc2F)CC1. The third-order valence-electron chi connectivity index (χ3n) is 3.86. The van der Waals surface area contributed by atoms with Crippen LogP contribution in [0.3, 0.4) is 0 Å². The van der Waals surface area contributed by atoms with Crippen molar-refractivity contribution in [3.63, 3.8) is 0 Å². The van der Waals surface area contributed by atoms with Crippen molar-refractivity contribution in [3.05, 3.63) is 35.6 Å². The first kappa shape index (κ1) is 14.0. The van der Waals surface area contributed by atoms with E-state index in [1.54, 1.807) is 13.0 Å². The molecule has 0 aromatic heterocycles. The van der Waals surface area contributed by atoms with Crippen molar-refractivity contribution < 1.29 is 9.18 Å². The maximum atomic E-state index is 13.6. The number of rotatable bonds is 3. The number of carbonyl (C=O) groups is 1. The molecule has 0 radical (unpaired) electrons. The Morgan fingerprint density at radius 2 is 1.89 bits per heavy atom. The normalized spacial score (nSPS) is 18.4. The fraction of sp³-hybridized carbons (Fsp3) is 0.533. The molecule has 1 aliphatic rings. The van der Waals surface area contributed by atoms with Gasteiger partial charge in [-0.2, -0.15) is 0 Å². The number of halogens is 1.